The Morgan fingerprint density at radius 3 is 2.78 bits per heavy atom. The molecule has 3 atom stereocenters. The molecule has 1 fully saturated rings. The molecule has 1 N–H and O–H groups in total. The number of fused-ring (bicyclic) bond motifs is 2. The third kappa shape index (κ3) is 3.29. The Morgan fingerprint density at radius 2 is 2.06 bits per heavy atom. The molecule has 8 heteroatoms. The lowest BCUT2D eigenvalue weighted by molar-refractivity contribution is -0.758. The minimum atomic E-state index is -1.01. The number of methoxy groups -OCH3 is 1. The summed E-state index contributed by atoms with van der Waals surface area (Å²) < 4.78 is 25.6. The number of halogens is 2. The van der Waals surface area contributed by atoms with Gasteiger partial charge in [-0.1, -0.05) is 23.7 Å². The highest BCUT2D eigenvalue weighted by Gasteiger charge is 2.66. The number of hydrogen-bond donors (Lipinski definition) is 1. The zero-order valence-electron chi connectivity index (χ0n) is 17.2. The van der Waals surface area contributed by atoms with E-state index in [0.717, 1.165) is 17.2 Å². The standard InChI is InChI=1S/C24H19ClFNO5/c1-31-21-7-3-14(9-18(21)24(29)30)13-2-6-20-15(8-13)11-27(12-22(27)32-20)23(28)17-5-4-16(25)10-19(17)26/h2-8,10,14,22H,9,11-12H2,1H3/p+1. The molecule has 32 heavy (non-hydrogen) atoms. The fourth-order valence-corrected chi connectivity index (χ4v) is 4.71. The lowest BCUT2D eigenvalue weighted by Crippen LogP contribution is -2.40. The minimum Gasteiger partial charge on any atom is -0.496 e. The summed E-state index contributed by atoms with van der Waals surface area (Å²) in [4.78, 5) is 24.8. The van der Waals surface area contributed by atoms with Crippen LogP contribution in [0.5, 0.6) is 5.75 Å². The summed E-state index contributed by atoms with van der Waals surface area (Å²) >= 11 is 5.82. The number of carboxylic acids is 1. The first-order chi connectivity index (χ1) is 15.3. The fourth-order valence-electron chi connectivity index (χ4n) is 4.55. The molecule has 1 amide bonds. The fraction of sp³-hybridized carbons (Fsp3) is 0.250. The van der Waals surface area contributed by atoms with Crippen molar-refractivity contribution < 1.29 is 33.0 Å². The maximum Gasteiger partial charge on any atom is 0.352 e. The van der Waals surface area contributed by atoms with E-state index in [1.165, 1.54) is 19.2 Å². The number of allylic oxidation sites excluding steroid dienone is 2. The van der Waals surface area contributed by atoms with Crippen LogP contribution in [0.15, 0.2) is 59.9 Å². The van der Waals surface area contributed by atoms with E-state index in [-0.39, 0.29) is 38.7 Å². The molecule has 2 aromatic carbocycles. The van der Waals surface area contributed by atoms with E-state index in [4.69, 9.17) is 21.1 Å². The van der Waals surface area contributed by atoms with Crippen LogP contribution in [0.1, 0.15) is 33.8 Å². The number of aliphatic carboxylic acids is 1. The molecular weight excluding hydrogens is 437 g/mol. The van der Waals surface area contributed by atoms with Crippen LogP contribution in [0.25, 0.3) is 0 Å². The number of nitrogens with zero attached hydrogens (tertiary/aromatic N) is 1. The van der Waals surface area contributed by atoms with Gasteiger partial charge < -0.3 is 14.6 Å². The Labute approximate surface area is 188 Å². The molecule has 0 bridgehead atoms. The number of benzene rings is 2. The lowest BCUT2D eigenvalue weighted by Gasteiger charge is -2.26. The highest BCUT2D eigenvalue weighted by atomic mass is 35.5. The van der Waals surface area contributed by atoms with Crippen LogP contribution in [0, 0.1) is 5.82 Å². The average molecular weight is 457 g/mol. The van der Waals surface area contributed by atoms with Gasteiger partial charge >= 0.3 is 11.9 Å². The van der Waals surface area contributed by atoms with Crippen molar-refractivity contribution in [1.82, 2.24) is 0 Å². The number of ether oxygens (including phenoxy) is 2. The average Bonchev–Trinajstić information content (AvgIpc) is 3.50. The predicted octanol–water partition coefficient (Wildman–Crippen LogP) is 4.40. The lowest BCUT2D eigenvalue weighted by atomic mass is 9.86. The van der Waals surface area contributed by atoms with Crippen LogP contribution in [0.3, 0.4) is 0 Å². The summed E-state index contributed by atoms with van der Waals surface area (Å²) in [6.45, 7) is 0.855. The number of rotatable bonds is 4. The number of carbonyl (C=O) groups is 2. The monoisotopic (exact) mass is 456 g/mol. The van der Waals surface area contributed by atoms with Crippen molar-refractivity contribution in [3.8, 4) is 5.75 Å². The van der Waals surface area contributed by atoms with Gasteiger partial charge in [0, 0.05) is 16.5 Å². The van der Waals surface area contributed by atoms with Crippen LogP contribution >= 0.6 is 11.6 Å². The Balaban J connectivity index is 1.42. The maximum atomic E-state index is 14.4. The molecule has 6 nitrogen and oxygen atoms in total. The molecule has 2 heterocycles. The van der Waals surface area contributed by atoms with Crippen molar-refractivity contribution in [2.75, 3.05) is 13.7 Å². The van der Waals surface area contributed by atoms with Crippen molar-refractivity contribution in [1.29, 1.82) is 0 Å². The molecule has 1 aliphatic carbocycles. The third-order valence-electron chi connectivity index (χ3n) is 6.37. The van der Waals surface area contributed by atoms with Crippen molar-refractivity contribution in [3.05, 3.63) is 87.4 Å². The van der Waals surface area contributed by atoms with Gasteiger partial charge in [0.1, 0.15) is 29.4 Å². The van der Waals surface area contributed by atoms with E-state index >= 15 is 0 Å². The second-order valence-electron chi connectivity index (χ2n) is 8.27. The molecule has 0 saturated carbocycles. The highest BCUT2D eigenvalue weighted by Crippen LogP contribution is 2.46. The van der Waals surface area contributed by atoms with E-state index in [9.17, 15) is 19.1 Å². The van der Waals surface area contributed by atoms with Crippen LogP contribution in [-0.4, -0.2) is 41.3 Å². The molecular formula is C24H20ClFNO5+. The van der Waals surface area contributed by atoms with Crippen molar-refractivity contribution >= 4 is 23.5 Å². The zero-order valence-corrected chi connectivity index (χ0v) is 17.9. The Bertz CT molecular complexity index is 1220. The van der Waals surface area contributed by atoms with E-state index in [0.29, 0.717) is 31.0 Å². The van der Waals surface area contributed by atoms with Gasteiger partial charge in [-0.3, -0.25) is 0 Å². The van der Waals surface area contributed by atoms with Gasteiger partial charge in [0.05, 0.1) is 12.7 Å². The summed E-state index contributed by atoms with van der Waals surface area (Å²) in [6, 6.07) is 9.76. The Kier molecular flexibility index (Phi) is 4.83. The van der Waals surface area contributed by atoms with Gasteiger partial charge in [-0.2, -0.15) is 0 Å². The van der Waals surface area contributed by atoms with E-state index in [1.54, 1.807) is 6.08 Å². The van der Waals surface area contributed by atoms with Gasteiger partial charge in [-0.15, -0.1) is 0 Å². The Morgan fingerprint density at radius 1 is 1.25 bits per heavy atom. The molecule has 0 radical (unpaired) electrons. The highest BCUT2D eigenvalue weighted by molar-refractivity contribution is 6.30. The smallest absolute Gasteiger partial charge is 0.352 e. The molecule has 3 aliphatic rings. The van der Waals surface area contributed by atoms with Crippen molar-refractivity contribution in [3.63, 3.8) is 0 Å². The number of amides is 1. The van der Waals surface area contributed by atoms with Crippen molar-refractivity contribution in [2.45, 2.75) is 25.1 Å². The quantitative estimate of drug-likeness (QED) is 0.545. The van der Waals surface area contributed by atoms with Gasteiger partial charge in [0.2, 0.25) is 0 Å². The first-order valence-corrected chi connectivity index (χ1v) is 10.5. The second kappa shape index (κ2) is 7.46. The normalized spacial score (nSPS) is 25.5. The van der Waals surface area contributed by atoms with Crippen LogP contribution in [0.4, 0.5) is 4.39 Å². The van der Waals surface area contributed by atoms with Crippen LogP contribution in [0.2, 0.25) is 5.02 Å². The third-order valence-corrected chi connectivity index (χ3v) is 6.61. The summed E-state index contributed by atoms with van der Waals surface area (Å²) in [6.07, 6.45) is 3.55. The molecule has 2 aromatic rings. The van der Waals surface area contributed by atoms with Crippen LogP contribution < -0.4 is 4.74 Å². The summed E-state index contributed by atoms with van der Waals surface area (Å²) in [5.74, 6) is -1.09. The number of quaternary nitrogens is 1. The number of carboxylic acid groups (broad SMARTS) is 1. The minimum absolute atomic E-state index is 0.00125. The van der Waals surface area contributed by atoms with E-state index in [2.05, 4.69) is 0 Å². The topological polar surface area (TPSA) is 72.8 Å². The molecule has 164 valence electrons. The van der Waals surface area contributed by atoms with Gasteiger partial charge in [-0.25, -0.2) is 18.5 Å². The predicted molar refractivity (Wildman–Crippen MR) is 114 cm³/mol. The largest absolute Gasteiger partial charge is 0.496 e. The van der Waals surface area contributed by atoms with Gasteiger partial charge in [-0.05, 0) is 48.4 Å². The van der Waals surface area contributed by atoms with Gasteiger partial charge in [0.25, 0.3) is 6.23 Å². The zero-order chi connectivity index (χ0) is 22.6. The number of carbonyl (C=O) groups excluding carboxylic acids is 1. The van der Waals surface area contributed by atoms with Gasteiger partial charge in [0.15, 0.2) is 6.54 Å². The SMILES string of the molecule is COC1=C(C(=O)O)CC(c2ccc3c(c2)C[N+]2(C(=O)c4ccc(Cl)cc4F)CC2O3)C=C1. The van der Waals surface area contributed by atoms with E-state index in [1.807, 2.05) is 24.3 Å². The van der Waals surface area contributed by atoms with E-state index < -0.39 is 11.8 Å². The molecule has 1 saturated heterocycles. The van der Waals surface area contributed by atoms with Crippen LogP contribution in [-0.2, 0) is 16.1 Å². The molecule has 0 aromatic heterocycles. The molecule has 0 spiro atoms. The maximum absolute atomic E-state index is 14.4. The molecule has 3 unspecified atom stereocenters. The summed E-state index contributed by atoms with van der Waals surface area (Å²) in [7, 11) is 1.45. The second-order valence-corrected chi connectivity index (χ2v) is 8.70. The summed E-state index contributed by atoms with van der Waals surface area (Å²) in [5.41, 5.74) is 1.97. The Hall–Kier alpha value is -3.16. The first-order valence-electron chi connectivity index (χ1n) is 10.2. The van der Waals surface area contributed by atoms with Crippen molar-refractivity contribution in [2.24, 2.45) is 0 Å². The molecule has 2 aliphatic heterocycles. The number of hydrogen-bond acceptors (Lipinski definition) is 4. The molecule has 5 rings (SSSR count). The first kappa shape index (κ1) is 20.7. The summed E-state index contributed by atoms with van der Waals surface area (Å²) in [5, 5.41) is 9.74.